The number of rotatable bonds is 3. The minimum atomic E-state index is 0.193. The predicted molar refractivity (Wildman–Crippen MR) is 105 cm³/mol. The van der Waals surface area contributed by atoms with Crippen LogP contribution in [-0.4, -0.2) is 51.9 Å². The van der Waals surface area contributed by atoms with Gasteiger partial charge in [0.05, 0.1) is 28.8 Å². The van der Waals surface area contributed by atoms with E-state index in [2.05, 4.69) is 53.1 Å². The summed E-state index contributed by atoms with van der Waals surface area (Å²) >= 11 is 6.54. The van der Waals surface area contributed by atoms with Crippen LogP contribution in [0.5, 0.6) is 0 Å². The first-order valence-corrected chi connectivity index (χ1v) is 9.42. The Morgan fingerprint density at radius 1 is 1.15 bits per heavy atom. The fraction of sp³-hybridized carbons (Fsp3) is 0.450. The lowest BCUT2D eigenvalue weighted by molar-refractivity contribution is -0.0184. The average Bonchev–Trinajstić information content (AvgIpc) is 3.11. The van der Waals surface area contributed by atoms with E-state index in [4.69, 9.17) is 21.3 Å². The largest absolute Gasteiger partial charge is 0.375 e. The first-order chi connectivity index (χ1) is 12.5. The predicted octanol–water partition coefficient (Wildman–Crippen LogP) is 3.51. The molecule has 3 aromatic rings. The molecule has 5 nitrogen and oxygen atoms in total. The summed E-state index contributed by atoms with van der Waals surface area (Å²) in [4.78, 5) is 7.31. The summed E-state index contributed by atoms with van der Waals surface area (Å²) in [5, 5.41) is 0.731. The number of hydrogen-bond donors (Lipinski definition) is 0. The third-order valence-electron chi connectivity index (χ3n) is 5.29. The van der Waals surface area contributed by atoms with Gasteiger partial charge in [0.25, 0.3) is 0 Å². The number of aromatic nitrogens is 3. The number of halogens is 1. The lowest BCUT2D eigenvalue weighted by atomic mass is 10.0. The summed E-state index contributed by atoms with van der Waals surface area (Å²) in [7, 11) is 4.17. The zero-order valence-corrected chi connectivity index (χ0v) is 16.5. The van der Waals surface area contributed by atoms with Gasteiger partial charge in [0, 0.05) is 37.9 Å². The molecule has 0 radical (unpaired) electrons. The maximum absolute atomic E-state index is 6.54. The lowest BCUT2D eigenvalue weighted by Gasteiger charge is -2.30. The molecule has 138 valence electrons. The topological polar surface area (TPSA) is 35.2 Å². The van der Waals surface area contributed by atoms with Crippen LogP contribution in [0.3, 0.4) is 0 Å². The summed E-state index contributed by atoms with van der Waals surface area (Å²) in [5.74, 6) is 0.899. The first-order valence-electron chi connectivity index (χ1n) is 9.05. The molecule has 3 heterocycles. The highest BCUT2D eigenvalue weighted by molar-refractivity contribution is 6.35. The molecular weight excluding hydrogens is 348 g/mol. The second-order valence-corrected chi connectivity index (χ2v) is 7.69. The Bertz CT molecular complexity index is 939. The van der Waals surface area contributed by atoms with Gasteiger partial charge in [-0.25, -0.2) is 4.98 Å². The number of ether oxygens (including phenoxy) is 1. The van der Waals surface area contributed by atoms with E-state index >= 15 is 0 Å². The zero-order chi connectivity index (χ0) is 18.4. The Labute approximate surface area is 159 Å². The molecule has 26 heavy (non-hydrogen) atoms. The van der Waals surface area contributed by atoms with Crippen molar-refractivity contribution >= 4 is 22.6 Å². The fourth-order valence-electron chi connectivity index (χ4n) is 3.90. The molecule has 0 aliphatic carbocycles. The van der Waals surface area contributed by atoms with E-state index in [1.54, 1.807) is 0 Å². The number of hydrogen-bond acceptors (Lipinski definition) is 3. The van der Waals surface area contributed by atoms with Gasteiger partial charge in [0.2, 0.25) is 5.95 Å². The van der Waals surface area contributed by atoms with Gasteiger partial charge in [-0.3, -0.25) is 4.57 Å². The average molecular weight is 373 g/mol. The standard InChI is InChI=1S/C20H25ClN4O/c1-13-5-6-14(2)25(13)20-22-18-15(7-8-17(21)19(18)24(20)4)11-16-12-23(3)9-10-26-16/h5-8,16H,9-12H2,1-4H3. The molecule has 1 unspecified atom stereocenters. The number of likely N-dealkylation sites (N-methyl/N-ethyl adjacent to an activating group) is 1. The molecule has 2 aromatic heterocycles. The normalized spacial score (nSPS) is 18.7. The van der Waals surface area contributed by atoms with Crippen LogP contribution in [0, 0.1) is 13.8 Å². The van der Waals surface area contributed by atoms with Gasteiger partial charge in [-0.05, 0) is 44.7 Å². The third kappa shape index (κ3) is 2.94. The first kappa shape index (κ1) is 17.6. The van der Waals surface area contributed by atoms with Crippen molar-refractivity contribution in [3.8, 4) is 5.95 Å². The maximum Gasteiger partial charge on any atom is 0.215 e. The van der Waals surface area contributed by atoms with Gasteiger partial charge in [-0.1, -0.05) is 17.7 Å². The van der Waals surface area contributed by atoms with E-state index in [0.717, 1.165) is 59.5 Å². The van der Waals surface area contributed by atoms with Crippen molar-refractivity contribution in [1.29, 1.82) is 0 Å². The number of imidazole rings is 1. The molecule has 1 aliphatic rings. The van der Waals surface area contributed by atoms with Crippen molar-refractivity contribution in [2.45, 2.75) is 26.4 Å². The van der Waals surface area contributed by atoms with Crippen LogP contribution >= 0.6 is 11.6 Å². The molecule has 1 atom stereocenters. The Balaban J connectivity index is 1.81. The number of aryl methyl sites for hydroxylation is 3. The van der Waals surface area contributed by atoms with Crippen molar-refractivity contribution in [3.63, 3.8) is 0 Å². The molecule has 0 spiro atoms. The van der Waals surface area contributed by atoms with E-state index in [-0.39, 0.29) is 6.10 Å². The van der Waals surface area contributed by atoms with Gasteiger partial charge in [0.1, 0.15) is 0 Å². The minimum absolute atomic E-state index is 0.193. The van der Waals surface area contributed by atoms with E-state index in [1.165, 1.54) is 5.56 Å². The van der Waals surface area contributed by atoms with Crippen molar-refractivity contribution in [2.24, 2.45) is 7.05 Å². The second-order valence-electron chi connectivity index (χ2n) is 7.29. The minimum Gasteiger partial charge on any atom is -0.375 e. The van der Waals surface area contributed by atoms with Gasteiger partial charge in [0.15, 0.2) is 0 Å². The number of benzene rings is 1. The summed E-state index contributed by atoms with van der Waals surface area (Å²) in [6.45, 7) is 6.92. The van der Waals surface area contributed by atoms with Gasteiger partial charge < -0.3 is 14.2 Å². The maximum atomic E-state index is 6.54. The number of morpholine rings is 1. The Kier molecular flexibility index (Phi) is 4.55. The molecule has 1 saturated heterocycles. The molecule has 0 N–H and O–H groups in total. The molecule has 4 rings (SSSR count). The number of nitrogens with zero attached hydrogens (tertiary/aromatic N) is 4. The van der Waals surface area contributed by atoms with Gasteiger partial charge in [-0.2, -0.15) is 0 Å². The summed E-state index contributed by atoms with van der Waals surface area (Å²) in [5.41, 5.74) is 5.47. The molecular formula is C20H25ClN4O. The zero-order valence-electron chi connectivity index (χ0n) is 15.8. The highest BCUT2D eigenvalue weighted by atomic mass is 35.5. The van der Waals surface area contributed by atoms with E-state index in [9.17, 15) is 0 Å². The molecule has 0 amide bonds. The van der Waals surface area contributed by atoms with Crippen LogP contribution in [0.25, 0.3) is 17.0 Å². The Morgan fingerprint density at radius 2 is 1.88 bits per heavy atom. The molecule has 1 aliphatic heterocycles. The van der Waals surface area contributed by atoms with Crippen LogP contribution in [0.4, 0.5) is 0 Å². The van der Waals surface area contributed by atoms with E-state index in [0.29, 0.717) is 0 Å². The van der Waals surface area contributed by atoms with Crippen LogP contribution in [0.2, 0.25) is 5.02 Å². The quantitative estimate of drug-likeness (QED) is 0.705. The monoisotopic (exact) mass is 372 g/mol. The molecule has 1 fully saturated rings. The second kappa shape index (κ2) is 6.72. The summed E-state index contributed by atoms with van der Waals surface area (Å²) in [6, 6.07) is 8.30. The number of fused-ring (bicyclic) bond motifs is 1. The highest BCUT2D eigenvalue weighted by Crippen LogP contribution is 2.30. The van der Waals surface area contributed by atoms with Crippen molar-refractivity contribution in [2.75, 3.05) is 26.7 Å². The Hall–Kier alpha value is -1.82. The highest BCUT2D eigenvalue weighted by Gasteiger charge is 2.22. The molecule has 1 aromatic carbocycles. The van der Waals surface area contributed by atoms with Gasteiger partial charge >= 0.3 is 0 Å². The Morgan fingerprint density at radius 3 is 2.58 bits per heavy atom. The summed E-state index contributed by atoms with van der Waals surface area (Å²) < 4.78 is 10.2. The molecule has 6 heteroatoms. The van der Waals surface area contributed by atoms with Gasteiger partial charge in [-0.15, -0.1) is 0 Å². The fourth-order valence-corrected chi connectivity index (χ4v) is 4.18. The van der Waals surface area contributed by atoms with Crippen molar-refractivity contribution in [1.82, 2.24) is 19.0 Å². The SMILES string of the molecule is Cc1ccc(C)n1-c1nc2c(CC3CN(C)CCO3)ccc(Cl)c2n1C. The van der Waals surface area contributed by atoms with E-state index < -0.39 is 0 Å². The third-order valence-corrected chi connectivity index (χ3v) is 5.60. The van der Waals surface area contributed by atoms with Crippen LogP contribution in [-0.2, 0) is 18.2 Å². The smallest absolute Gasteiger partial charge is 0.215 e. The lowest BCUT2D eigenvalue weighted by Crippen LogP contribution is -2.40. The van der Waals surface area contributed by atoms with Crippen molar-refractivity contribution in [3.05, 3.63) is 46.2 Å². The van der Waals surface area contributed by atoms with Crippen molar-refractivity contribution < 1.29 is 4.74 Å². The molecule has 0 saturated carbocycles. The van der Waals surface area contributed by atoms with Crippen LogP contribution < -0.4 is 0 Å². The van der Waals surface area contributed by atoms with Crippen LogP contribution in [0.1, 0.15) is 17.0 Å². The van der Waals surface area contributed by atoms with Crippen LogP contribution in [0.15, 0.2) is 24.3 Å². The van der Waals surface area contributed by atoms with E-state index in [1.807, 2.05) is 13.1 Å². The molecule has 0 bridgehead atoms. The summed E-state index contributed by atoms with van der Waals surface area (Å²) in [6.07, 6.45) is 1.04.